The Hall–Kier alpha value is -2.28. The van der Waals surface area contributed by atoms with Crippen molar-refractivity contribution < 1.29 is 14.1 Å². The largest absolute Gasteiger partial charge is 0.381 e. The number of aryl methyl sites for hydroxylation is 2. The van der Waals surface area contributed by atoms with Gasteiger partial charge < -0.3 is 14.2 Å². The third-order valence-corrected chi connectivity index (χ3v) is 5.95. The van der Waals surface area contributed by atoms with Crippen molar-refractivity contribution in [2.75, 3.05) is 26.3 Å². The van der Waals surface area contributed by atoms with Crippen LogP contribution in [0.1, 0.15) is 42.8 Å². The smallest absolute Gasteiger partial charge is 0.222 e. The Kier molecular flexibility index (Phi) is 5.71. The van der Waals surface area contributed by atoms with Gasteiger partial charge >= 0.3 is 0 Å². The van der Waals surface area contributed by atoms with E-state index in [2.05, 4.69) is 15.1 Å². The molecule has 2 saturated heterocycles. The Balaban J connectivity index is 1.35. The predicted molar refractivity (Wildman–Crippen MR) is 104 cm³/mol. The van der Waals surface area contributed by atoms with E-state index in [1.807, 2.05) is 24.8 Å². The zero-order valence-electron chi connectivity index (χ0n) is 16.7. The molecule has 0 spiro atoms. The number of nitrogens with zero attached hydrogens (tertiary/aromatic N) is 4. The summed E-state index contributed by atoms with van der Waals surface area (Å²) in [6, 6.07) is 2.03. The summed E-state index contributed by atoms with van der Waals surface area (Å²) in [4.78, 5) is 23.5. The number of hydrogen-bond donors (Lipinski definition) is 0. The second kappa shape index (κ2) is 8.39. The lowest BCUT2D eigenvalue weighted by Gasteiger charge is -2.24. The van der Waals surface area contributed by atoms with Gasteiger partial charge in [0.1, 0.15) is 12.1 Å². The molecule has 7 heteroatoms. The van der Waals surface area contributed by atoms with E-state index in [0.717, 1.165) is 80.4 Å². The molecule has 2 aromatic heterocycles. The van der Waals surface area contributed by atoms with Crippen molar-refractivity contribution in [1.82, 2.24) is 20.0 Å². The van der Waals surface area contributed by atoms with Crippen LogP contribution in [0.15, 0.2) is 16.9 Å². The first-order chi connectivity index (χ1) is 13.6. The molecule has 1 amide bonds. The molecule has 0 radical (unpaired) electrons. The molecule has 2 fully saturated rings. The minimum Gasteiger partial charge on any atom is -0.381 e. The highest BCUT2D eigenvalue weighted by Gasteiger charge is 2.28. The summed E-state index contributed by atoms with van der Waals surface area (Å²) in [6.07, 6.45) is 6.19. The van der Waals surface area contributed by atoms with E-state index in [-0.39, 0.29) is 0 Å². The van der Waals surface area contributed by atoms with Crippen LogP contribution in [-0.2, 0) is 16.0 Å². The summed E-state index contributed by atoms with van der Waals surface area (Å²) >= 11 is 0. The number of carbonyl (C=O) groups excluding carboxylic acids is 1. The topological polar surface area (TPSA) is 81.4 Å². The van der Waals surface area contributed by atoms with Gasteiger partial charge in [-0.1, -0.05) is 5.16 Å². The second-order valence-electron chi connectivity index (χ2n) is 8.05. The summed E-state index contributed by atoms with van der Waals surface area (Å²) in [5.74, 6) is 2.01. The minimum atomic E-state index is 0.300. The fourth-order valence-electron chi connectivity index (χ4n) is 4.34. The number of hydrogen-bond acceptors (Lipinski definition) is 6. The van der Waals surface area contributed by atoms with Gasteiger partial charge in [-0.2, -0.15) is 0 Å². The number of aromatic nitrogens is 3. The van der Waals surface area contributed by atoms with Crippen LogP contribution in [0, 0.1) is 25.7 Å². The van der Waals surface area contributed by atoms with E-state index < -0.39 is 0 Å². The van der Waals surface area contributed by atoms with E-state index in [0.29, 0.717) is 24.2 Å². The Labute approximate surface area is 165 Å². The van der Waals surface area contributed by atoms with Crippen LogP contribution in [0.5, 0.6) is 0 Å². The molecule has 28 heavy (non-hydrogen) atoms. The fraction of sp³-hybridized carbons (Fsp3) is 0.619. The van der Waals surface area contributed by atoms with Crippen molar-refractivity contribution in [2.45, 2.75) is 46.0 Å². The maximum absolute atomic E-state index is 12.6. The van der Waals surface area contributed by atoms with Crippen LogP contribution in [0.25, 0.3) is 11.3 Å². The highest BCUT2D eigenvalue weighted by molar-refractivity contribution is 5.76. The van der Waals surface area contributed by atoms with Crippen LogP contribution in [0.4, 0.5) is 0 Å². The van der Waals surface area contributed by atoms with Crippen molar-refractivity contribution in [3.8, 4) is 11.3 Å². The standard InChI is InChI=1S/C21H28N4O3/c1-14-21(15(2)28-24-14)19-11-18(22-13-23-19)9-17-3-6-25(12-17)20(26)10-16-4-7-27-8-5-16/h11,13,16-17H,3-10,12H2,1-2H3/t17-/m0/s1. The summed E-state index contributed by atoms with van der Waals surface area (Å²) in [5, 5.41) is 4.02. The van der Waals surface area contributed by atoms with Crippen LogP contribution < -0.4 is 0 Å². The molecule has 4 heterocycles. The fourth-order valence-corrected chi connectivity index (χ4v) is 4.34. The van der Waals surface area contributed by atoms with Gasteiger partial charge in [0.2, 0.25) is 5.91 Å². The molecule has 0 N–H and O–H groups in total. The first kappa shape index (κ1) is 19.1. The maximum Gasteiger partial charge on any atom is 0.222 e. The highest BCUT2D eigenvalue weighted by atomic mass is 16.5. The third kappa shape index (κ3) is 4.24. The van der Waals surface area contributed by atoms with E-state index in [4.69, 9.17) is 9.26 Å². The lowest BCUT2D eigenvalue weighted by Crippen LogP contribution is -2.31. The number of ether oxygens (including phenoxy) is 1. The van der Waals surface area contributed by atoms with Crippen molar-refractivity contribution in [3.05, 3.63) is 29.5 Å². The molecule has 0 bridgehead atoms. The van der Waals surface area contributed by atoms with Gasteiger partial charge in [-0.05, 0) is 57.4 Å². The van der Waals surface area contributed by atoms with Gasteiger partial charge in [0.25, 0.3) is 0 Å². The lowest BCUT2D eigenvalue weighted by atomic mass is 9.96. The summed E-state index contributed by atoms with van der Waals surface area (Å²) < 4.78 is 10.7. The molecule has 2 aliphatic rings. The molecule has 7 nitrogen and oxygen atoms in total. The Morgan fingerprint density at radius 1 is 1.18 bits per heavy atom. The zero-order chi connectivity index (χ0) is 19.5. The van der Waals surface area contributed by atoms with E-state index in [1.54, 1.807) is 6.33 Å². The van der Waals surface area contributed by atoms with Gasteiger partial charge in [0.15, 0.2) is 0 Å². The number of rotatable bonds is 5. The zero-order valence-corrected chi connectivity index (χ0v) is 16.7. The predicted octanol–water partition coefficient (Wildman–Crippen LogP) is 2.96. The van der Waals surface area contributed by atoms with Crippen molar-refractivity contribution in [1.29, 1.82) is 0 Å². The van der Waals surface area contributed by atoms with Crippen molar-refractivity contribution in [2.24, 2.45) is 11.8 Å². The van der Waals surface area contributed by atoms with E-state index >= 15 is 0 Å². The van der Waals surface area contributed by atoms with Crippen molar-refractivity contribution >= 4 is 5.91 Å². The van der Waals surface area contributed by atoms with Gasteiger partial charge in [-0.3, -0.25) is 4.79 Å². The van der Waals surface area contributed by atoms with Gasteiger partial charge in [0, 0.05) is 38.4 Å². The minimum absolute atomic E-state index is 0.300. The molecule has 0 aliphatic carbocycles. The molecule has 2 aromatic rings. The quantitative estimate of drug-likeness (QED) is 0.788. The van der Waals surface area contributed by atoms with E-state index in [1.165, 1.54) is 0 Å². The Morgan fingerprint density at radius 2 is 2.00 bits per heavy atom. The molecule has 150 valence electrons. The number of carbonyl (C=O) groups is 1. The molecule has 0 saturated carbocycles. The first-order valence-electron chi connectivity index (χ1n) is 10.2. The summed E-state index contributed by atoms with van der Waals surface area (Å²) in [5.41, 5.74) is 3.65. The van der Waals surface area contributed by atoms with Crippen LogP contribution in [0.3, 0.4) is 0 Å². The second-order valence-corrected chi connectivity index (χ2v) is 8.05. The number of likely N-dealkylation sites (tertiary alicyclic amines) is 1. The average Bonchev–Trinajstić information content (AvgIpc) is 3.29. The maximum atomic E-state index is 12.6. The Morgan fingerprint density at radius 3 is 2.75 bits per heavy atom. The highest BCUT2D eigenvalue weighted by Crippen LogP contribution is 2.27. The monoisotopic (exact) mass is 384 g/mol. The van der Waals surface area contributed by atoms with Gasteiger partial charge in [-0.15, -0.1) is 0 Å². The SMILES string of the molecule is Cc1noc(C)c1-c1cc(C[C@@H]2CCN(C(=O)CC3CCOCC3)C2)ncn1. The molecule has 0 aromatic carbocycles. The van der Waals surface area contributed by atoms with Gasteiger partial charge in [-0.25, -0.2) is 9.97 Å². The number of amides is 1. The van der Waals surface area contributed by atoms with Gasteiger partial charge in [0.05, 0.1) is 17.0 Å². The molecule has 0 unspecified atom stereocenters. The molecule has 2 aliphatic heterocycles. The molecular formula is C21H28N4O3. The van der Waals surface area contributed by atoms with Crippen LogP contribution >= 0.6 is 0 Å². The molecule has 1 atom stereocenters. The lowest BCUT2D eigenvalue weighted by molar-refractivity contribution is -0.132. The summed E-state index contributed by atoms with van der Waals surface area (Å²) in [7, 11) is 0. The molecule has 4 rings (SSSR count). The van der Waals surface area contributed by atoms with Crippen molar-refractivity contribution in [3.63, 3.8) is 0 Å². The van der Waals surface area contributed by atoms with E-state index in [9.17, 15) is 4.79 Å². The first-order valence-corrected chi connectivity index (χ1v) is 10.2. The third-order valence-electron chi connectivity index (χ3n) is 5.95. The van der Waals surface area contributed by atoms with Crippen LogP contribution in [0.2, 0.25) is 0 Å². The summed E-state index contributed by atoms with van der Waals surface area (Å²) in [6.45, 7) is 7.09. The average molecular weight is 384 g/mol. The Bertz CT molecular complexity index is 809. The van der Waals surface area contributed by atoms with Crippen LogP contribution in [-0.4, -0.2) is 52.2 Å². The normalized spacial score (nSPS) is 20.6. The molecular weight excluding hydrogens is 356 g/mol.